The van der Waals surface area contributed by atoms with Crippen LogP contribution >= 0.6 is 0 Å². The average Bonchev–Trinajstić information content (AvgIpc) is 2.86. The smallest absolute Gasteiger partial charge is 0.369 e. The number of anilines is 1. The Bertz CT molecular complexity index is 471. The number of rotatable bonds is 3. The molecule has 1 fully saturated rings. The van der Waals surface area contributed by atoms with Gasteiger partial charge in [-0.25, -0.2) is 0 Å². The molecule has 3 nitrogen and oxygen atoms in total. The van der Waals surface area contributed by atoms with Crippen LogP contribution in [0.2, 0.25) is 0 Å². The lowest BCUT2D eigenvalue weighted by Crippen LogP contribution is -2.32. The van der Waals surface area contributed by atoms with E-state index >= 15 is 0 Å². The average molecular weight is 287 g/mol. The van der Waals surface area contributed by atoms with Crippen molar-refractivity contribution in [3.8, 4) is 0 Å². The van der Waals surface area contributed by atoms with Crippen LogP contribution in [0.1, 0.15) is 17.5 Å². The summed E-state index contributed by atoms with van der Waals surface area (Å²) in [7, 11) is 3.91. The van der Waals surface area contributed by atoms with Gasteiger partial charge in [0.2, 0.25) is 0 Å². The van der Waals surface area contributed by atoms with Gasteiger partial charge < -0.3 is 15.5 Å². The van der Waals surface area contributed by atoms with Crippen molar-refractivity contribution in [3.05, 3.63) is 29.3 Å². The molecule has 2 rings (SSSR count). The van der Waals surface area contributed by atoms with Crippen LogP contribution in [0.5, 0.6) is 0 Å². The summed E-state index contributed by atoms with van der Waals surface area (Å²) >= 11 is 0. The van der Waals surface area contributed by atoms with Crippen LogP contribution < -0.4 is 10.6 Å². The molecule has 0 saturated carbocycles. The van der Waals surface area contributed by atoms with Gasteiger partial charge in [-0.15, -0.1) is 0 Å². The minimum absolute atomic E-state index is 0.115. The summed E-state index contributed by atoms with van der Waals surface area (Å²) in [5.74, 6) is 0. The predicted octanol–water partition coefficient (Wildman–Crippen LogP) is 2.30. The van der Waals surface area contributed by atoms with E-state index in [9.17, 15) is 13.2 Å². The number of halogens is 3. The summed E-state index contributed by atoms with van der Waals surface area (Å²) in [6, 6.07) is 4.68. The third-order valence-electron chi connectivity index (χ3n) is 3.84. The van der Waals surface area contributed by atoms with Crippen LogP contribution in [-0.4, -0.2) is 38.1 Å². The number of nitrogens with zero attached hydrogens (tertiary/aromatic N) is 2. The maximum absolute atomic E-state index is 13.2. The van der Waals surface area contributed by atoms with E-state index in [1.807, 2.05) is 19.0 Å². The fourth-order valence-electron chi connectivity index (χ4n) is 2.60. The second-order valence-electron chi connectivity index (χ2n) is 5.41. The molecule has 0 spiro atoms. The summed E-state index contributed by atoms with van der Waals surface area (Å²) in [4.78, 5) is 3.87. The monoisotopic (exact) mass is 287 g/mol. The normalized spacial score (nSPS) is 19.9. The zero-order valence-electron chi connectivity index (χ0n) is 11.7. The molecule has 1 unspecified atom stereocenters. The zero-order chi connectivity index (χ0) is 14.9. The largest absolute Gasteiger partial charge is 0.418 e. The molecule has 1 heterocycles. The Morgan fingerprint density at radius 3 is 2.55 bits per heavy atom. The third-order valence-corrected chi connectivity index (χ3v) is 3.84. The number of alkyl halides is 3. The summed E-state index contributed by atoms with van der Waals surface area (Å²) < 4.78 is 39.6. The van der Waals surface area contributed by atoms with E-state index in [1.54, 1.807) is 12.1 Å². The molecular weight excluding hydrogens is 267 g/mol. The summed E-state index contributed by atoms with van der Waals surface area (Å²) in [6.07, 6.45) is -3.47. The standard InChI is InChI=1S/C14H20F3N3/c1-19(2)11-5-6-20(9-11)13-4-3-10(8-18)7-12(13)14(15,16)17/h3-4,7,11H,5-6,8-9,18H2,1-2H3. The maximum Gasteiger partial charge on any atom is 0.418 e. The molecule has 20 heavy (non-hydrogen) atoms. The van der Waals surface area contributed by atoms with Crippen LogP contribution in [0.3, 0.4) is 0 Å². The Hall–Kier alpha value is -1.27. The van der Waals surface area contributed by atoms with E-state index in [0.29, 0.717) is 24.7 Å². The highest BCUT2D eigenvalue weighted by molar-refractivity contribution is 5.57. The van der Waals surface area contributed by atoms with Crippen LogP contribution in [0.25, 0.3) is 0 Å². The molecule has 2 N–H and O–H groups in total. The molecular formula is C14H20F3N3. The molecule has 6 heteroatoms. The molecule has 1 saturated heterocycles. The highest BCUT2D eigenvalue weighted by atomic mass is 19.4. The fraction of sp³-hybridized carbons (Fsp3) is 0.571. The van der Waals surface area contributed by atoms with Gasteiger partial charge >= 0.3 is 6.18 Å². The van der Waals surface area contributed by atoms with Gasteiger partial charge in [0.25, 0.3) is 0 Å². The lowest BCUT2D eigenvalue weighted by Gasteiger charge is -2.25. The van der Waals surface area contributed by atoms with E-state index < -0.39 is 11.7 Å². The van der Waals surface area contributed by atoms with Crippen molar-refractivity contribution in [1.82, 2.24) is 4.90 Å². The van der Waals surface area contributed by atoms with E-state index in [2.05, 4.69) is 4.90 Å². The minimum atomic E-state index is -4.35. The van der Waals surface area contributed by atoms with Crippen molar-refractivity contribution in [1.29, 1.82) is 0 Å². The van der Waals surface area contributed by atoms with Gasteiger partial charge in [0.15, 0.2) is 0 Å². The number of nitrogens with two attached hydrogens (primary N) is 1. The summed E-state index contributed by atoms with van der Waals surface area (Å²) in [5, 5.41) is 0. The molecule has 112 valence electrons. The van der Waals surface area contributed by atoms with Gasteiger partial charge in [-0.2, -0.15) is 13.2 Å². The predicted molar refractivity (Wildman–Crippen MR) is 73.6 cm³/mol. The van der Waals surface area contributed by atoms with Crippen molar-refractivity contribution in [3.63, 3.8) is 0 Å². The SMILES string of the molecule is CN(C)C1CCN(c2ccc(CN)cc2C(F)(F)F)C1. The molecule has 0 radical (unpaired) electrons. The summed E-state index contributed by atoms with van der Waals surface area (Å²) in [5.41, 5.74) is 5.62. The van der Waals surface area contributed by atoms with E-state index in [4.69, 9.17) is 5.73 Å². The van der Waals surface area contributed by atoms with Crippen LogP contribution in [0.4, 0.5) is 18.9 Å². The van der Waals surface area contributed by atoms with E-state index in [-0.39, 0.29) is 12.2 Å². The molecule has 1 aliphatic heterocycles. The van der Waals surface area contributed by atoms with Crippen LogP contribution in [0, 0.1) is 0 Å². The Labute approximate surface area is 117 Å². The van der Waals surface area contributed by atoms with Gasteiger partial charge in [0, 0.05) is 31.4 Å². The molecule has 1 aromatic carbocycles. The van der Waals surface area contributed by atoms with E-state index in [0.717, 1.165) is 6.42 Å². The number of hydrogen-bond acceptors (Lipinski definition) is 3. The third kappa shape index (κ3) is 3.07. The van der Waals surface area contributed by atoms with Crippen molar-refractivity contribution in [2.45, 2.75) is 25.2 Å². The summed E-state index contributed by atoms with van der Waals surface area (Å²) in [6.45, 7) is 1.38. The Balaban J connectivity index is 2.32. The van der Waals surface area contributed by atoms with Crippen LogP contribution in [-0.2, 0) is 12.7 Å². The minimum Gasteiger partial charge on any atom is -0.369 e. The first kappa shape index (κ1) is 15.1. The van der Waals surface area contributed by atoms with Gasteiger partial charge in [0.05, 0.1) is 5.56 Å². The van der Waals surface area contributed by atoms with Gasteiger partial charge in [-0.3, -0.25) is 0 Å². The van der Waals surface area contributed by atoms with Crippen molar-refractivity contribution in [2.75, 3.05) is 32.1 Å². The number of benzene rings is 1. The Kier molecular flexibility index (Phi) is 4.25. The Morgan fingerprint density at radius 2 is 2.05 bits per heavy atom. The molecule has 0 bridgehead atoms. The van der Waals surface area contributed by atoms with Gasteiger partial charge in [-0.1, -0.05) is 6.07 Å². The van der Waals surface area contributed by atoms with Crippen molar-refractivity contribution in [2.24, 2.45) is 5.73 Å². The topological polar surface area (TPSA) is 32.5 Å². The maximum atomic E-state index is 13.2. The fourth-order valence-corrected chi connectivity index (χ4v) is 2.60. The first-order valence-electron chi connectivity index (χ1n) is 6.64. The highest BCUT2D eigenvalue weighted by Gasteiger charge is 2.36. The van der Waals surface area contributed by atoms with E-state index in [1.165, 1.54) is 6.07 Å². The quantitative estimate of drug-likeness (QED) is 0.926. The number of hydrogen-bond donors (Lipinski definition) is 1. The molecule has 1 aromatic rings. The first-order valence-corrected chi connectivity index (χ1v) is 6.64. The molecule has 0 aromatic heterocycles. The molecule has 1 atom stereocenters. The van der Waals surface area contributed by atoms with Gasteiger partial charge in [0.1, 0.15) is 0 Å². The molecule has 1 aliphatic rings. The zero-order valence-corrected chi connectivity index (χ0v) is 11.7. The van der Waals surface area contributed by atoms with Crippen molar-refractivity contribution < 1.29 is 13.2 Å². The molecule has 0 amide bonds. The first-order chi connectivity index (χ1) is 9.32. The second kappa shape index (κ2) is 5.61. The van der Waals surface area contributed by atoms with Gasteiger partial charge in [-0.05, 0) is 38.2 Å². The lowest BCUT2D eigenvalue weighted by molar-refractivity contribution is -0.137. The van der Waals surface area contributed by atoms with Crippen molar-refractivity contribution >= 4 is 5.69 Å². The second-order valence-corrected chi connectivity index (χ2v) is 5.41. The number of likely N-dealkylation sites (N-methyl/N-ethyl adjacent to an activating group) is 1. The highest BCUT2D eigenvalue weighted by Crippen LogP contribution is 2.38. The van der Waals surface area contributed by atoms with Crippen LogP contribution in [0.15, 0.2) is 18.2 Å². The molecule has 0 aliphatic carbocycles. The Morgan fingerprint density at radius 1 is 1.35 bits per heavy atom. The lowest BCUT2D eigenvalue weighted by atomic mass is 10.1.